The topological polar surface area (TPSA) is 91.3 Å². The van der Waals surface area contributed by atoms with Gasteiger partial charge in [-0.05, 0) is 6.07 Å². The quantitative estimate of drug-likeness (QED) is 0.655. The van der Waals surface area contributed by atoms with Gasteiger partial charge in [0.05, 0.1) is 17.8 Å². The molecule has 1 aliphatic rings. The molecule has 0 aromatic carbocycles. The molecule has 0 saturated carbocycles. The van der Waals surface area contributed by atoms with E-state index in [4.69, 9.17) is 5.11 Å². The Balaban J connectivity index is 0.00000112. The van der Waals surface area contributed by atoms with Crippen molar-refractivity contribution in [3.8, 4) is 0 Å². The molecule has 7 heteroatoms. The van der Waals surface area contributed by atoms with Crippen molar-refractivity contribution in [2.24, 2.45) is 0 Å². The zero-order valence-electron chi connectivity index (χ0n) is 7.48. The maximum Gasteiger partial charge on any atom is 0.337 e. The summed E-state index contributed by atoms with van der Waals surface area (Å²) in [6.45, 7) is 0.159. The first kappa shape index (κ1) is 11.3. The van der Waals surface area contributed by atoms with Crippen molar-refractivity contribution < 1.29 is 14.7 Å². The lowest BCUT2D eigenvalue weighted by molar-refractivity contribution is -0.114. The highest BCUT2D eigenvalue weighted by atomic mass is 35.5. The minimum absolute atomic E-state index is 0. The Bertz CT molecular complexity index is 422. The average molecular weight is 230 g/mol. The molecule has 0 fully saturated rings. The molecule has 80 valence electrons. The van der Waals surface area contributed by atoms with Gasteiger partial charge in [0, 0.05) is 6.20 Å². The van der Waals surface area contributed by atoms with Crippen LogP contribution in [-0.4, -0.2) is 28.5 Å². The van der Waals surface area contributed by atoms with Crippen LogP contribution in [0.5, 0.6) is 0 Å². The third-order valence-corrected chi connectivity index (χ3v) is 1.83. The second-order valence-corrected chi connectivity index (χ2v) is 2.83. The predicted molar refractivity (Wildman–Crippen MR) is 55.6 cm³/mol. The van der Waals surface area contributed by atoms with Crippen LogP contribution in [0.4, 0.5) is 11.5 Å². The van der Waals surface area contributed by atoms with Crippen LogP contribution in [0.1, 0.15) is 10.4 Å². The standard InChI is InChI=1S/C8H7N3O3.ClH/c12-6-3-10-7-5(11-6)1-4(2-9-7)8(13)14;/h1-2H,3H2,(H,9,10)(H,11,12)(H,13,14);1H. The summed E-state index contributed by atoms with van der Waals surface area (Å²) in [6, 6.07) is 1.37. The van der Waals surface area contributed by atoms with Gasteiger partial charge in [-0.1, -0.05) is 0 Å². The third kappa shape index (κ3) is 2.16. The number of carbonyl (C=O) groups is 2. The molecule has 0 radical (unpaired) electrons. The molecule has 0 unspecified atom stereocenters. The van der Waals surface area contributed by atoms with Crippen LogP contribution in [0.15, 0.2) is 12.3 Å². The number of pyridine rings is 1. The second-order valence-electron chi connectivity index (χ2n) is 2.83. The van der Waals surface area contributed by atoms with Gasteiger partial charge in [-0.2, -0.15) is 0 Å². The summed E-state index contributed by atoms with van der Waals surface area (Å²) < 4.78 is 0. The number of carbonyl (C=O) groups excluding carboxylic acids is 1. The van der Waals surface area contributed by atoms with Crippen LogP contribution in [0.3, 0.4) is 0 Å². The number of aromatic carboxylic acids is 1. The van der Waals surface area contributed by atoms with Crippen molar-refractivity contribution in [1.82, 2.24) is 4.98 Å². The van der Waals surface area contributed by atoms with Gasteiger partial charge in [-0.15, -0.1) is 12.4 Å². The lowest BCUT2D eigenvalue weighted by Crippen LogP contribution is -2.28. The summed E-state index contributed by atoms with van der Waals surface area (Å²) in [6.07, 6.45) is 1.24. The van der Waals surface area contributed by atoms with E-state index in [0.717, 1.165) is 0 Å². The molecular formula is C8H8ClN3O3. The number of aromatic nitrogens is 1. The van der Waals surface area contributed by atoms with Crippen molar-refractivity contribution in [2.75, 3.05) is 17.2 Å². The zero-order valence-corrected chi connectivity index (χ0v) is 8.30. The summed E-state index contributed by atoms with van der Waals surface area (Å²) in [5.74, 6) is -0.781. The molecule has 0 bridgehead atoms. The van der Waals surface area contributed by atoms with Gasteiger partial charge in [0.2, 0.25) is 5.91 Å². The van der Waals surface area contributed by atoms with Crippen molar-refractivity contribution in [1.29, 1.82) is 0 Å². The van der Waals surface area contributed by atoms with Crippen molar-refractivity contribution in [2.45, 2.75) is 0 Å². The fourth-order valence-corrected chi connectivity index (χ4v) is 1.18. The summed E-state index contributed by atoms with van der Waals surface area (Å²) in [5, 5.41) is 14.0. The molecular weight excluding hydrogens is 222 g/mol. The molecule has 1 aromatic rings. The SMILES string of the molecule is Cl.O=C1CNc2ncc(C(=O)O)cc2N1. The monoisotopic (exact) mass is 229 g/mol. The van der Waals surface area contributed by atoms with Gasteiger partial charge in [-0.25, -0.2) is 9.78 Å². The lowest BCUT2D eigenvalue weighted by atomic mass is 10.2. The van der Waals surface area contributed by atoms with Crippen LogP contribution < -0.4 is 10.6 Å². The Hall–Kier alpha value is -1.82. The number of carboxylic acids is 1. The van der Waals surface area contributed by atoms with Crippen LogP contribution in [0.2, 0.25) is 0 Å². The summed E-state index contributed by atoms with van der Waals surface area (Å²) in [4.78, 5) is 25.4. The number of amides is 1. The minimum Gasteiger partial charge on any atom is -0.478 e. The van der Waals surface area contributed by atoms with E-state index in [1.807, 2.05) is 0 Å². The molecule has 1 aliphatic heterocycles. The summed E-state index contributed by atoms with van der Waals surface area (Å²) >= 11 is 0. The molecule has 0 spiro atoms. The van der Waals surface area contributed by atoms with Gasteiger partial charge < -0.3 is 15.7 Å². The molecule has 2 heterocycles. The summed E-state index contributed by atoms with van der Waals surface area (Å²) in [5.41, 5.74) is 0.453. The van der Waals surface area contributed by atoms with Crippen LogP contribution in [-0.2, 0) is 4.79 Å². The number of nitrogens with zero attached hydrogens (tertiary/aromatic N) is 1. The number of nitrogens with one attached hydrogen (secondary N) is 2. The smallest absolute Gasteiger partial charge is 0.337 e. The number of halogens is 1. The van der Waals surface area contributed by atoms with E-state index < -0.39 is 5.97 Å². The van der Waals surface area contributed by atoms with Crippen LogP contribution in [0, 0.1) is 0 Å². The number of rotatable bonds is 1. The molecule has 0 saturated heterocycles. The number of fused-ring (bicyclic) bond motifs is 1. The normalized spacial score (nSPS) is 12.9. The zero-order chi connectivity index (χ0) is 10.1. The highest BCUT2D eigenvalue weighted by molar-refractivity contribution is 6.01. The number of carboxylic acid groups (broad SMARTS) is 1. The maximum atomic E-state index is 11.0. The first-order valence-corrected chi connectivity index (χ1v) is 3.94. The molecule has 15 heavy (non-hydrogen) atoms. The van der Waals surface area contributed by atoms with Crippen molar-refractivity contribution >= 4 is 35.8 Å². The Kier molecular flexibility index (Phi) is 3.11. The van der Waals surface area contributed by atoms with Gasteiger partial charge in [-0.3, -0.25) is 4.79 Å². The minimum atomic E-state index is -1.07. The maximum absolute atomic E-state index is 11.0. The van der Waals surface area contributed by atoms with Gasteiger partial charge in [0.15, 0.2) is 0 Å². The number of hydrogen-bond donors (Lipinski definition) is 3. The van der Waals surface area contributed by atoms with Gasteiger partial charge in [0.25, 0.3) is 0 Å². The number of hydrogen-bond acceptors (Lipinski definition) is 4. The average Bonchev–Trinajstić information content (AvgIpc) is 2.16. The molecule has 0 aliphatic carbocycles. The fraction of sp³-hybridized carbons (Fsp3) is 0.125. The Labute approximate surface area is 91.1 Å². The van der Waals surface area contributed by atoms with Crippen LogP contribution >= 0.6 is 12.4 Å². The fourth-order valence-electron chi connectivity index (χ4n) is 1.18. The first-order valence-electron chi connectivity index (χ1n) is 3.94. The largest absolute Gasteiger partial charge is 0.478 e. The molecule has 1 amide bonds. The van der Waals surface area contributed by atoms with E-state index in [1.54, 1.807) is 0 Å². The molecule has 0 atom stereocenters. The van der Waals surface area contributed by atoms with E-state index in [9.17, 15) is 9.59 Å². The van der Waals surface area contributed by atoms with Crippen molar-refractivity contribution in [3.63, 3.8) is 0 Å². The lowest BCUT2D eigenvalue weighted by Gasteiger charge is -2.17. The third-order valence-electron chi connectivity index (χ3n) is 1.83. The van der Waals surface area contributed by atoms with E-state index in [2.05, 4.69) is 15.6 Å². The van der Waals surface area contributed by atoms with Crippen molar-refractivity contribution in [3.05, 3.63) is 17.8 Å². The predicted octanol–water partition coefficient (Wildman–Crippen LogP) is 0.566. The molecule has 6 nitrogen and oxygen atoms in total. The van der Waals surface area contributed by atoms with E-state index in [1.165, 1.54) is 12.3 Å². The molecule has 2 rings (SSSR count). The van der Waals surface area contributed by atoms with Gasteiger partial charge in [0.1, 0.15) is 5.82 Å². The Morgan fingerprint density at radius 3 is 2.93 bits per heavy atom. The number of anilines is 2. The van der Waals surface area contributed by atoms with E-state index in [-0.39, 0.29) is 30.4 Å². The first-order chi connectivity index (χ1) is 6.66. The molecule has 1 aromatic heterocycles. The van der Waals surface area contributed by atoms with Gasteiger partial charge >= 0.3 is 5.97 Å². The van der Waals surface area contributed by atoms with E-state index >= 15 is 0 Å². The highest BCUT2D eigenvalue weighted by Crippen LogP contribution is 2.22. The highest BCUT2D eigenvalue weighted by Gasteiger charge is 2.16. The van der Waals surface area contributed by atoms with E-state index in [0.29, 0.717) is 11.5 Å². The Morgan fingerprint density at radius 1 is 1.53 bits per heavy atom. The summed E-state index contributed by atoms with van der Waals surface area (Å²) in [7, 11) is 0. The second kappa shape index (κ2) is 4.14. The Morgan fingerprint density at radius 2 is 2.27 bits per heavy atom. The molecule has 3 N–H and O–H groups in total. The van der Waals surface area contributed by atoms with Crippen LogP contribution in [0.25, 0.3) is 0 Å².